The molecule has 0 aromatic carbocycles. The third-order valence-electron chi connectivity index (χ3n) is 2.72. The fourth-order valence-electron chi connectivity index (χ4n) is 1.96. The molecule has 19 heavy (non-hydrogen) atoms. The van der Waals surface area contributed by atoms with Crippen LogP contribution >= 0.6 is 52.1 Å². The van der Waals surface area contributed by atoms with E-state index in [0.29, 0.717) is 35.5 Å². The topological polar surface area (TPSA) is 15.3 Å². The molecule has 0 unspecified atom stereocenters. The van der Waals surface area contributed by atoms with E-state index in [2.05, 4.69) is 21.2 Å². The van der Waals surface area contributed by atoms with Crippen molar-refractivity contribution in [2.24, 2.45) is 0 Å². The van der Waals surface area contributed by atoms with E-state index in [1.165, 1.54) is 4.90 Å². The Balaban J connectivity index is 0.00000162. The first kappa shape index (κ1) is 19.5. The van der Waals surface area contributed by atoms with Crippen LogP contribution in [0.3, 0.4) is 0 Å². The van der Waals surface area contributed by atoms with Crippen LogP contribution in [0.15, 0.2) is 15.9 Å². The predicted molar refractivity (Wildman–Crippen MR) is 79.8 cm³/mol. The Bertz CT molecular complexity index is 383. The lowest BCUT2D eigenvalue weighted by Crippen LogP contribution is -2.48. The van der Waals surface area contributed by atoms with Gasteiger partial charge in [-0.25, -0.2) is 0 Å². The lowest BCUT2D eigenvalue weighted by atomic mass is 10.1. The largest absolute Gasteiger partial charge is 0.408 e. The number of nitrogens with one attached hydrogen (secondary N) is 1. The molecule has 112 valence electrons. The van der Waals surface area contributed by atoms with E-state index in [1.807, 2.05) is 0 Å². The van der Waals surface area contributed by atoms with E-state index in [0.717, 1.165) is 11.3 Å². The minimum Gasteiger partial charge on any atom is -0.314 e. The van der Waals surface area contributed by atoms with Gasteiger partial charge < -0.3 is 5.32 Å². The highest BCUT2D eigenvalue weighted by atomic mass is 79.9. The van der Waals surface area contributed by atoms with Gasteiger partial charge in [-0.15, -0.1) is 36.2 Å². The van der Waals surface area contributed by atoms with Gasteiger partial charge in [0.1, 0.15) is 6.04 Å². The van der Waals surface area contributed by atoms with Gasteiger partial charge in [-0.3, -0.25) is 4.90 Å². The second-order valence-electron chi connectivity index (χ2n) is 3.86. The Morgan fingerprint density at radius 1 is 1.26 bits per heavy atom. The summed E-state index contributed by atoms with van der Waals surface area (Å²) in [5.74, 6) is 0. The van der Waals surface area contributed by atoms with E-state index in [1.54, 1.807) is 11.4 Å². The Hall–Kier alpha value is 0.470. The summed E-state index contributed by atoms with van der Waals surface area (Å²) in [7, 11) is 0. The number of rotatable bonds is 2. The second-order valence-corrected chi connectivity index (χ2v) is 5.66. The van der Waals surface area contributed by atoms with Crippen molar-refractivity contribution in [2.45, 2.75) is 12.2 Å². The van der Waals surface area contributed by atoms with Gasteiger partial charge in [-0.05, 0) is 27.4 Å². The van der Waals surface area contributed by atoms with Gasteiger partial charge >= 0.3 is 6.18 Å². The first-order chi connectivity index (χ1) is 8.00. The summed E-state index contributed by atoms with van der Waals surface area (Å²) in [5, 5.41) is 4.74. The quantitative estimate of drug-likeness (QED) is 0.809. The van der Waals surface area contributed by atoms with Gasteiger partial charge in [0, 0.05) is 35.5 Å². The number of alkyl halides is 3. The molecule has 0 bridgehead atoms. The fraction of sp³-hybridized carbons (Fsp3) is 0.600. The van der Waals surface area contributed by atoms with E-state index in [4.69, 9.17) is 0 Å². The molecule has 1 N–H and O–H groups in total. The fourth-order valence-corrected chi connectivity index (χ4v) is 3.71. The van der Waals surface area contributed by atoms with Gasteiger partial charge in [0.15, 0.2) is 0 Å². The number of thiophene rings is 1. The molecule has 1 aromatic rings. The Kier molecular flexibility index (Phi) is 8.24. The minimum atomic E-state index is -4.23. The van der Waals surface area contributed by atoms with E-state index < -0.39 is 12.2 Å². The minimum absolute atomic E-state index is 0. The third kappa shape index (κ3) is 4.75. The molecular weight excluding hydrogens is 388 g/mol. The maximum absolute atomic E-state index is 13.2. The highest BCUT2D eigenvalue weighted by molar-refractivity contribution is 9.10. The summed E-state index contributed by atoms with van der Waals surface area (Å²) in [6.45, 7) is 2.06. The average Bonchev–Trinajstić information content (AvgIpc) is 2.65. The number of hydrogen-bond donors (Lipinski definition) is 1. The molecule has 1 atom stereocenters. The maximum atomic E-state index is 13.2. The second kappa shape index (κ2) is 8.05. The zero-order valence-electron chi connectivity index (χ0n) is 9.74. The molecule has 1 fully saturated rings. The molecule has 9 heteroatoms. The van der Waals surface area contributed by atoms with Crippen molar-refractivity contribution in [1.82, 2.24) is 10.2 Å². The van der Waals surface area contributed by atoms with Crippen molar-refractivity contribution in [3.63, 3.8) is 0 Å². The summed E-state index contributed by atoms with van der Waals surface area (Å²) < 4.78 is 40.1. The van der Waals surface area contributed by atoms with Crippen molar-refractivity contribution in [1.29, 1.82) is 0 Å². The van der Waals surface area contributed by atoms with Crippen LogP contribution in [0.2, 0.25) is 0 Å². The highest BCUT2D eigenvalue weighted by Crippen LogP contribution is 2.43. The molecule has 2 nitrogen and oxygen atoms in total. The summed E-state index contributed by atoms with van der Waals surface area (Å²) in [6.07, 6.45) is -4.23. The SMILES string of the molecule is Cl.Cl.FC(F)(F)[C@H](c1sccc1Br)N1CCNCC1. The normalized spacial score (nSPS) is 18.3. The maximum Gasteiger partial charge on any atom is 0.408 e. The Morgan fingerprint density at radius 3 is 2.26 bits per heavy atom. The Morgan fingerprint density at radius 2 is 1.84 bits per heavy atom. The van der Waals surface area contributed by atoms with Crippen LogP contribution in [-0.4, -0.2) is 37.3 Å². The molecular formula is C10H14BrCl2F3N2S. The molecule has 0 spiro atoms. The van der Waals surface area contributed by atoms with Crippen LogP contribution in [0.25, 0.3) is 0 Å². The number of halogens is 6. The van der Waals surface area contributed by atoms with Gasteiger partial charge in [-0.2, -0.15) is 13.2 Å². The van der Waals surface area contributed by atoms with Crippen LogP contribution < -0.4 is 5.32 Å². The lowest BCUT2D eigenvalue weighted by Gasteiger charge is -2.35. The van der Waals surface area contributed by atoms with E-state index >= 15 is 0 Å². The van der Waals surface area contributed by atoms with Crippen LogP contribution in [0.1, 0.15) is 10.9 Å². The molecule has 0 saturated carbocycles. The molecule has 0 aliphatic carbocycles. The number of piperazine rings is 1. The van der Waals surface area contributed by atoms with Crippen molar-refractivity contribution >= 4 is 52.1 Å². The van der Waals surface area contributed by atoms with Crippen molar-refractivity contribution in [2.75, 3.05) is 26.2 Å². The zero-order valence-corrected chi connectivity index (χ0v) is 13.8. The summed E-state index contributed by atoms with van der Waals surface area (Å²) in [5.41, 5.74) is 0. The summed E-state index contributed by atoms with van der Waals surface area (Å²) in [6, 6.07) is 0.181. The average molecular weight is 402 g/mol. The Labute approximate surface area is 134 Å². The predicted octanol–water partition coefficient (Wildman–Crippen LogP) is 3.86. The van der Waals surface area contributed by atoms with Gasteiger partial charge in [0.05, 0.1) is 0 Å². The van der Waals surface area contributed by atoms with Gasteiger partial charge in [0.2, 0.25) is 0 Å². The highest BCUT2D eigenvalue weighted by Gasteiger charge is 2.46. The van der Waals surface area contributed by atoms with Crippen LogP contribution in [0.5, 0.6) is 0 Å². The standard InChI is InChI=1S/C10H12BrF3N2S.2ClH/c11-7-1-6-17-8(7)9(10(12,13)14)16-4-2-15-3-5-16;;/h1,6,9,15H,2-5H2;2*1H/t9-;;/m0../s1. The van der Waals surface area contributed by atoms with Crippen LogP contribution in [0, 0.1) is 0 Å². The molecule has 1 aliphatic heterocycles. The molecule has 1 saturated heterocycles. The van der Waals surface area contributed by atoms with E-state index in [-0.39, 0.29) is 24.8 Å². The first-order valence-corrected chi connectivity index (χ1v) is 6.92. The van der Waals surface area contributed by atoms with Crippen molar-refractivity contribution < 1.29 is 13.2 Å². The smallest absolute Gasteiger partial charge is 0.314 e. The molecule has 1 aromatic heterocycles. The van der Waals surface area contributed by atoms with Gasteiger partial charge in [0.25, 0.3) is 0 Å². The summed E-state index contributed by atoms with van der Waals surface area (Å²) >= 11 is 4.34. The number of nitrogens with zero attached hydrogens (tertiary/aromatic N) is 1. The van der Waals surface area contributed by atoms with Crippen molar-refractivity contribution in [3.05, 3.63) is 20.8 Å². The number of hydrogen-bond acceptors (Lipinski definition) is 3. The third-order valence-corrected chi connectivity index (χ3v) is 4.64. The van der Waals surface area contributed by atoms with Gasteiger partial charge in [-0.1, -0.05) is 0 Å². The van der Waals surface area contributed by atoms with E-state index in [9.17, 15) is 13.2 Å². The molecule has 1 aliphatic rings. The van der Waals surface area contributed by atoms with Crippen LogP contribution in [-0.2, 0) is 0 Å². The molecule has 0 radical (unpaired) electrons. The molecule has 0 amide bonds. The first-order valence-electron chi connectivity index (χ1n) is 5.24. The lowest BCUT2D eigenvalue weighted by molar-refractivity contribution is -0.187. The zero-order chi connectivity index (χ0) is 12.5. The van der Waals surface area contributed by atoms with Crippen LogP contribution in [0.4, 0.5) is 13.2 Å². The summed E-state index contributed by atoms with van der Waals surface area (Å²) in [4.78, 5) is 1.84. The molecule has 2 heterocycles. The van der Waals surface area contributed by atoms with Crippen molar-refractivity contribution in [3.8, 4) is 0 Å². The monoisotopic (exact) mass is 400 g/mol. The molecule has 2 rings (SSSR count).